The van der Waals surface area contributed by atoms with Crippen LogP contribution in [-0.2, 0) is 36.3 Å². The second kappa shape index (κ2) is 35.5. The Kier molecular flexibility index (Phi) is 32.7. The lowest BCUT2D eigenvalue weighted by Gasteiger charge is -2.37. The van der Waals surface area contributed by atoms with Crippen molar-refractivity contribution in [2.75, 3.05) is 90.9 Å². The van der Waals surface area contributed by atoms with Crippen molar-refractivity contribution >= 4 is 52.2 Å². The number of ether oxygens (including phenoxy) is 2. The number of quaternary nitrogens is 4. The monoisotopic (exact) mass is 1120 g/mol. The summed E-state index contributed by atoms with van der Waals surface area (Å²) in [7, 11) is -18.5. The average molecular weight is 1120 g/mol. The molecule has 6 atom stereocenters. The van der Waals surface area contributed by atoms with Crippen LogP contribution in [0.1, 0.15) is 116 Å². The first-order valence-corrected chi connectivity index (χ1v) is 30.0. The van der Waals surface area contributed by atoms with Crippen LogP contribution < -0.4 is 44.9 Å². The maximum Gasteiger partial charge on any atom is 0.338 e. The molecule has 0 aliphatic carbocycles. The van der Waals surface area contributed by atoms with Gasteiger partial charge in [0.25, 0.3) is 15.6 Å². The normalized spacial score (nSPS) is 17.9. The van der Waals surface area contributed by atoms with E-state index in [1.807, 2.05) is 0 Å². The molecule has 75 heavy (non-hydrogen) atoms. The molecule has 0 radical (unpaired) electrons. The molecule has 2 aromatic carbocycles. The minimum atomic E-state index is -6.28. The molecule has 0 amide bonds. The molecule has 0 bridgehead atoms. The number of esters is 1. The van der Waals surface area contributed by atoms with Crippen molar-refractivity contribution in [3.63, 3.8) is 0 Å². The van der Waals surface area contributed by atoms with Crippen molar-refractivity contribution in [2.45, 2.75) is 108 Å². The van der Waals surface area contributed by atoms with E-state index in [1.165, 1.54) is 103 Å². The first-order valence-electron chi connectivity index (χ1n) is 25.6. The molecule has 1 fully saturated rings. The number of fused-ring (bicyclic) bond motifs is 1. The Bertz CT molecular complexity index is 2300. The van der Waals surface area contributed by atoms with Crippen LogP contribution in [0.5, 0.6) is 0 Å². The number of ketones is 1. The smallest absolute Gasteiger partial charge is 0.338 e. The molecule has 2 unspecified atom stereocenters. The largest absolute Gasteiger partial charge is 0.790 e. The third-order valence-electron chi connectivity index (χ3n) is 12.4. The van der Waals surface area contributed by atoms with Crippen molar-refractivity contribution in [1.29, 1.82) is 0 Å². The van der Waals surface area contributed by atoms with E-state index in [1.54, 1.807) is 49.9 Å². The molecule has 0 spiro atoms. The van der Waals surface area contributed by atoms with E-state index in [9.17, 15) is 48.0 Å². The number of rotatable bonds is 24. The Hall–Kier alpha value is -3.90. The Labute approximate surface area is 443 Å². The summed E-state index contributed by atoms with van der Waals surface area (Å²) in [4.78, 5) is 89.3. The van der Waals surface area contributed by atoms with Crippen LogP contribution in [-0.4, -0.2) is 140 Å². The summed E-state index contributed by atoms with van der Waals surface area (Å²) in [6.45, 7) is 40.8. The van der Waals surface area contributed by atoms with E-state index in [4.69, 9.17) is 15.2 Å². The predicted octanol–water partition coefficient (Wildman–Crippen LogP) is -1.34. The zero-order valence-corrected chi connectivity index (χ0v) is 48.4. The van der Waals surface area contributed by atoms with Gasteiger partial charge in [-0.05, 0) is 95.2 Å². The molecule has 5 rings (SSSR count). The number of hydrogen-bond donors (Lipinski definition) is 6. The molecule has 426 valence electrons. The lowest BCUT2D eigenvalue weighted by Crippen LogP contribution is -3.11. The number of hydrogen-bond acceptors (Lipinski definition) is 19. The lowest BCUT2D eigenvalue weighted by atomic mass is 10.0. The molecule has 3 heterocycles. The van der Waals surface area contributed by atoms with Crippen molar-refractivity contribution < 1.29 is 90.2 Å². The van der Waals surface area contributed by atoms with Crippen LogP contribution in [0.15, 0.2) is 67.3 Å². The second-order valence-electron chi connectivity index (χ2n) is 16.8. The number of aliphatic hydroxyl groups is 1. The van der Waals surface area contributed by atoms with Gasteiger partial charge in [0, 0.05) is 11.1 Å². The van der Waals surface area contributed by atoms with Crippen LogP contribution in [0, 0.1) is 0 Å². The number of carbonyl (C=O) groups excluding carboxylic acids is 2. The molecular formula is C48H84N9O15P3. The molecule has 1 aliphatic heterocycles. The number of phosphoric acid groups is 3. The van der Waals surface area contributed by atoms with Gasteiger partial charge < -0.3 is 68.6 Å². The summed E-state index contributed by atoms with van der Waals surface area (Å²) in [5.41, 5.74) is 6.49. The number of phosphoric ester groups is 1. The van der Waals surface area contributed by atoms with Gasteiger partial charge in [0.05, 0.1) is 105 Å². The highest BCUT2D eigenvalue weighted by Crippen LogP contribution is 2.60. The van der Waals surface area contributed by atoms with Gasteiger partial charge in [-0.15, -0.1) is 0 Å². The van der Waals surface area contributed by atoms with Gasteiger partial charge in [0.1, 0.15) is 24.1 Å². The Morgan fingerprint density at radius 2 is 1.05 bits per heavy atom. The predicted molar refractivity (Wildman–Crippen MR) is 276 cm³/mol. The SMILES string of the molecule is CC[NH+](CC)CC.CC[NH+](CC)CC.CC[NH+](CC)CC.CC[NH+](CC)CC.Nc1ncnc2c1ncn2[C@@H]1O[C@H](COP(=O)([O-])OP(=O)([O-])OP(=O)([O-])[O-])[C@@H](OC(=O)c2ccc(C(=O)c3ccccc3)cc2)[C@H]1O. The number of nitrogens with two attached hydrogens (primary N) is 1. The molecular weight excluding hydrogens is 1040 g/mol. The maximum absolute atomic E-state index is 13.1. The minimum Gasteiger partial charge on any atom is -0.790 e. The summed E-state index contributed by atoms with van der Waals surface area (Å²) < 4.78 is 57.8. The van der Waals surface area contributed by atoms with Crippen molar-refractivity contribution in [3.05, 3.63) is 83.9 Å². The number of carbonyl (C=O) groups is 2. The first-order chi connectivity index (χ1) is 35.4. The van der Waals surface area contributed by atoms with Crippen LogP contribution >= 0.6 is 23.5 Å². The molecule has 7 N–H and O–H groups in total. The Morgan fingerprint density at radius 3 is 1.47 bits per heavy atom. The lowest BCUT2D eigenvalue weighted by molar-refractivity contribution is -0.894. The number of nitrogen functional groups attached to an aromatic ring is 1. The zero-order chi connectivity index (χ0) is 56.9. The fourth-order valence-corrected chi connectivity index (χ4v) is 10.3. The van der Waals surface area contributed by atoms with E-state index in [2.05, 4.69) is 111 Å². The third kappa shape index (κ3) is 24.5. The first kappa shape index (κ1) is 69.1. The maximum atomic E-state index is 13.1. The van der Waals surface area contributed by atoms with Gasteiger partial charge in [-0.25, -0.2) is 24.1 Å². The number of aromatic nitrogens is 4. The highest BCUT2D eigenvalue weighted by Gasteiger charge is 2.48. The van der Waals surface area contributed by atoms with Crippen LogP contribution in [0.4, 0.5) is 5.82 Å². The van der Waals surface area contributed by atoms with Crippen LogP contribution in [0.2, 0.25) is 0 Å². The number of nitrogens with one attached hydrogen (secondary N) is 4. The fourth-order valence-electron chi connectivity index (χ4n) is 7.44. The van der Waals surface area contributed by atoms with Crippen molar-refractivity contribution in [1.82, 2.24) is 19.5 Å². The van der Waals surface area contributed by atoms with Gasteiger partial charge in [0.2, 0.25) is 0 Å². The average Bonchev–Trinajstić information content (AvgIpc) is 3.95. The highest BCUT2D eigenvalue weighted by molar-refractivity contribution is 7.64. The van der Waals surface area contributed by atoms with Crippen LogP contribution in [0.3, 0.4) is 0 Å². The van der Waals surface area contributed by atoms with Gasteiger partial charge in [0.15, 0.2) is 29.6 Å². The van der Waals surface area contributed by atoms with Gasteiger partial charge in [-0.3, -0.25) is 22.8 Å². The summed E-state index contributed by atoms with van der Waals surface area (Å²) in [6.07, 6.45) is -4.46. The van der Waals surface area contributed by atoms with Crippen LogP contribution in [0.25, 0.3) is 11.2 Å². The second-order valence-corrected chi connectivity index (χ2v) is 21.1. The van der Waals surface area contributed by atoms with E-state index in [-0.39, 0.29) is 33.9 Å². The van der Waals surface area contributed by atoms with Gasteiger partial charge in [-0.2, -0.15) is 0 Å². The minimum absolute atomic E-state index is 0.0345. The van der Waals surface area contributed by atoms with Crippen molar-refractivity contribution in [3.8, 4) is 0 Å². The molecule has 0 saturated carbocycles. The number of benzene rings is 2. The fraction of sp³-hybridized carbons (Fsp3) is 0.604. The summed E-state index contributed by atoms with van der Waals surface area (Å²) in [5.74, 6) is -1.43. The molecule has 1 saturated heterocycles. The van der Waals surface area contributed by atoms with Crippen molar-refractivity contribution in [2.24, 2.45) is 0 Å². The molecule has 24 nitrogen and oxygen atoms in total. The molecule has 4 aromatic rings. The summed E-state index contributed by atoms with van der Waals surface area (Å²) in [6, 6.07) is 13.6. The summed E-state index contributed by atoms with van der Waals surface area (Å²) >= 11 is 0. The molecule has 27 heteroatoms. The Morgan fingerprint density at radius 1 is 0.627 bits per heavy atom. The van der Waals surface area contributed by atoms with Gasteiger partial charge >= 0.3 is 5.97 Å². The standard InChI is InChI=1S/C24H24N5O15P3.4C6H15N/c25-21-17-22(27-11-26-21)29(12-28-17)23-19(31)20(16(41-23)10-40-46(36,37)44-47(38,39)43-45(33,34)35)42-24(32)15-8-6-14(7-9-15)18(30)13-4-2-1-3-5-13;4*1-4-7(5-2)6-3/h1-9,11-12,16,19-20,23,31H,10H2,(H,36,37)(H,38,39)(H2,25,26,27)(H2,33,34,35);4*4-6H2,1-3H3/t16-,19-,20-,23-;;;;/m1..../s1. The van der Waals surface area contributed by atoms with E-state index >= 15 is 0 Å². The quantitative estimate of drug-likeness (QED) is 0.0269. The van der Waals surface area contributed by atoms with E-state index in [0.29, 0.717) is 5.56 Å². The number of aliphatic hydroxyl groups excluding tert-OH is 1. The van der Waals surface area contributed by atoms with E-state index in [0.717, 1.165) is 17.2 Å². The number of nitrogens with zero attached hydrogens (tertiary/aromatic N) is 4. The molecule has 1 aliphatic rings. The Balaban J connectivity index is 0.000000815. The zero-order valence-electron chi connectivity index (χ0n) is 45.7. The molecule has 2 aromatic heterocycles. The highest BCUT2D eigenvalue weighted by atomic mass is 31.3. The van der Waals surface area contributed by atoms with Gasteiger partial charge in [-0.1, -0.05) is 42.5 Å². The van der Waals surface area contributed by atoms with E-state index < -0.39 is 60.6 Å². The number of imidazole rings is 1. The number of anilines is 1. The third-order valence-corrected chi connectivity index (χ3v) is 16.1. The topological polar surface area (TPSA) is 331 Å². The summed E-state index contributed by atoms with van der Waals surface area (Å²) in [5, 5.41) is 11.2.